The summed E-state index contributed by atoms with van der Waals surface area (Å²) >= 11 is 5.67. The number of benzene rings is 1. The van der Waals surface area contributed by atoms with Crippen LogP contribution in [0.15, 0.2) is 24.3 Å². The minimum atomic E-state index is -1.05. The van der Waals surface area contributed by atoms with Crippen molar-refractivity contribution in [3.63, 3.8) is 0 Å². The number of thiazole rings is 1. The number of hydrogen-bond donors (Lipinski definition) is 3. The van der Waals surface area contributed by atoms with E-state index in [2.05, 4.69) is 22.9 Å². The van der Waals surface area contributed by atoms with Gasteiger partial charge in [0.25, 0.3) is 0 Å². The molecule has 0 aliphatic rings. The molecule has 2 aromatic rings. The van der Waals surface area contributed by atoms with E-state index in [4.69, 9.17) is 0 Å². The Morgan fingerprint density at radius 2 is 2.04 bits per heavy atom. The summed E-state index contributed by atoms with van der Waals surface area (Å²) in [4.78, 5) is 28.3. The number of carboxylic acids is 1. The molecule has 0 aliphatic carbocycles. The zero-order valence-corrected chi connectivity index (χ0v) is 15.4. The molecule has 0 aliphatic heterocycles. The monoisotopic (exact) mass is 366 g/mol. The first-order valence-electron chi connectivity index (χ1n) is 7.89. The van der Waals surface area contributed by atoms with Crippen molar-refractivity contribution in [1.29, 1.82) is 0 Å². The van der Waals surface area contributed by atoms with Gasteiger partial charge in [-0.25, -0.2) is 9.78 Å². The molecule has 0 bridgehead atoms. The third kappa shape index (κ3) is 4.95. The van der Waals surface area contributed by atoms with Gasteiger partial charge >= 0.3 is 5.97 Å². The van der Waals surface area contributed by atoms with Gasteiger partial charge in [0.15, 0.2) is 0 Å². The summed E-state index contributed by atoms with van der Waals surface area (Å²) in [6, 6.07) is 6.68. The van der Waals surface area contributed by atoms with Gasteiger partial charge in [-0.2, -0.15) is 12.6 Å². The molecule has 0 spiro atoms. The van der Waals surface area contributed by atoms with Crippen molar-refractivity contribution in [3.8, 4) is 0 Å². The zero-order chi connectivity index (χ0) is 17.7. The molecule has 0 unspecified atom stereocenters. The van der Waals surface area contributed by atoms with Crippen molar-refractivity contribution in [2.75, 3.05) is 5.75 Å². The number of nitrogens with one attached hydrogen (secondary N) is 1. The molecule has 2 atom stereocenters. The zero-order valence-electron chi connectivity index (χ0n) is 13.7. The highest BCUT2D eigenvalue weighted by Gasteiger charge is 2.26. The summed E-state index contributed by atoms with van der Waals surface area (Å²) in [5, 5.41) is 12.8. The van der Waals surface area contributed by atoms with Crippen LogP contribution in [0, 0.1) is 11.8 Å². The number of hydrogen-bond acceptors (Lipinski definition) is 5. The summed E-state index contributed by atoms with van der Waals surface area (Å²) in [6.07, 6.45) is 0.865. The van der Waals surface area contributed by atoms with Gasteiger partial charge in [0.2, 0.25) is 5.91 Å². The number of amides is 1. The Morgan fingerprint density at radius 1 is 1.33 bits per heavy atom. The predicted molar refractivity (Wildman–Crippen MR) is 99.7 cm³/mol. The van der Waals surface area contributed by atoms with Crippen LogP contribution >= 0.6 is 24.0 Å². The molecule has 2 N–H and O–H groups in total. The molecule has 24 heavy (non-hydrogen) atoms. The first-order chi connectivity index (χ1) is 11.4. The molecule has 2 rings (SSSR count). The van der Waals surface area contributed by atoms with Crippen LogP contribution in [-0.2, 0) is 16.0 Å². The summed E-state index contributed by atoms with van der Waals surface area (Å²) < 4.78 is 1.01. The molecule has 7 heteroatoms. The largest absolute Gasteiger partial charge is 0.480 e. The van der Waals surface area contributed by atoms with E-state index in [1.54, 1.807) is 0 Å². The van der Waals surface area contributed by atoms with E-state index < -0.39 is 12.0 Å². The number of aliphatic carboxylic acids is 1. The SMILES string of the molecule is CC(C)C[C@@H](CS)C(=O)N[C@@H](Cc1nc2ccccc2s1)C(=O)O. The Balaban J connectivity index is 2.08. The maximum Gasteiger partial charge on any atom is 0.326 e. The number of thiol groups is 1. The number of carbonyl (C=O) groups is 2. The van der Waals surface area contributed by atoms with Crippen molar-refractivity contribution in [3.05, 3.63) is 29.3 Å². The molecule has 0 fully saturated rings. The fraction of sp³-hybridized carbons (Fsp3) is 0.471. The second-order valence-electron chi connectivity index (χ2n) is 6.19. The molecule has 0 saturated carbocycles. The second-order valence-corrected chi connectivity index (χ2v) is 7.67. The molecule has 1 aromatic heterocycles. The lowest BCUT2D eigenvalue weighted by molar-refractivity contribution is -0.142. The summed E-state index contributed by atoms with van der Waals surface area (Å²) in [5.41, 5.74) is 0.848. The molecule has 0 radical (unpaired) electrons. The van der Waals surface area contributed by atoms with Gasteiger partial charge in [0.1, 0.15) is 6.04 Å². The highest BCUT2D eigenvalue weighted by molar-refractivity contribution is 7.80. The Labute approximate surface area is 150 Å². The van der Waals surface area contributed by atoms with Crippen molar-refractivity contribution in [2.24, 2.45) is 11.8 Å². The number of fused-ring (bicyclic) bond motifs is 1. The van der Waals surface area contributed by atoms with E-state index in [1.807, 2.05) is 38.1 Å². The highest BCUT2D eigenvalue weighted by Crippen LogP contribution is 2.22. The molecular weight excluding hydrogens is 344 g/mol. The normalized spacial score (nSPS) is 13.8. The van der Waals surface area contributed by atoms with Gasteiger partial charge in [-0.3, -0.25) is 4.79 Å². The standard InChI is InChI=1S/C17H22N2O3S2/c1-10(2)7-11(9-23)16(20)19-13(17(21)22)8-15-18-12-5-3-4-6-14(12)24-15/h3-6,10-11,13,23H,7-9H2,1-2H3,(H,19,20)(H,21,22)/t11-,13-/m0/s1. The van der Waals surface area contributed by atoms with Crippen LogP contribution in [0.3, 0.4) is 0 Å². The van der Waals surface area contributed by atoms with E-state index in [-0.39, 0.29) is 18.2 Å². The fourth-order valence-electron chi connectivity index (χ4n) is 2.51. The molecule has 1 heterocycles. The smallest absolute Gasteiger partial charge is 0.326 e. The predicted octanol–water partition coefficient (Wildman–Crippen LogP) is 3.00. The minimum Gasteiger partial charge on any atom is -0.480 e. The van der Waals surface area contributed by atoms with E-state index >= 15 is 0 Å². The van der Waals surface area contributed by atoms with Crippen molar-refractivity contribution < 1.29 is 14.7 Å². The summed E-state index contributed by atoms with van der Waals surface area (Å²) in [6.45, 7) is 4.05. The van der Waals surface area contributed by atoms with Gasteiger partial charge in [-0.05, 0) is 24.5 Å². The topological polar surface area (TPSA) is 79.3 Å². The average molecular weight is 367 g/mol. The van der Waals surface area contributed by atoms with E-state index in [0.717, 1.165) is 10.2 Å². The van der Waals surface area contributed by atoms with Crippen LogP contribution in [0.25, 0.3) is 10.2 Å². The molecule has 5 nitrogen and oxygen atoms in total. The van der Waals surface area contributed by atoms with E-state index in [1.165, 1.54) is 11.3 Å². The number of carboxylic acid groups (broad SMARTS) is 1. The Bertz CT molecular complexity index is 682. The van der Waals surface area contributed by atoms with Crippen LogP contribution in [0.2, 0.25) is 0 Å². The quantitative estimate of drug-likeness (QED) is 0.628. The van der Waals surface area contributed by atoms with Gasteiger partial charge in [-0.15, -0.1) is 11.3 Å². The minimum absolute atomic E-state index is 0.182. The molecule has 0 saturated heterocycles. The molecule has 1 amide bonds. The van der Waals surface area contributed by atoms with Crippen molar-refractivity contribution >= 4 is 46.1 Å². The van der Waals surface area contributed by atoms with Crippen LogP contribution in [0.5, 0.6) is 0 Å². The van der Waals surface area contributed by atoms with E-state index in [9.17, 15) is 14.7 Å². The summed E-state index contributed by atoms with van der Waals surface area (Å²) in [7, 11) is 0. The third-order valence-electron chi connectivity index (χ3n) is 3.68. The van der Waals surface area contributed by atoms with Gasteiger partial charge < -0.3 is 10.4 Å². The van der Waals surface area contributed by atoms with Crippen LogP contribution < -0.4 is 5.32 Å². The molecule has 130 valence electrons. The molecular formula is C17H22N2O3S2. The first-order valence-corrected chi connectivity index (χ1v) is 9.34. The number of carbonyl (C=O) groups excluding carboxylic acids is 1. The maximum absolute atomic E-state index is 12.3. The Kier molecular flexibility index (Phi) is 6.62. The highest BCUT2D eigenvalue weighted by atomic mass is 32.1. The van der Waals surface area contributed by atoms with Crippen molar-refractivity contribution in [2.45, 2.75) is 32.7 Å². The number of rotatable bonds is 8. The van der Waals surface area contributed by atoms with Crippen LogP contribution in [0.4, 0.5) is 0 Å². The van der Waals surface area contributed by atoms with Crippen LogP contribution in [0.1, 0.15) is 25.3 Å². The van der Waals surface area contributed by atoms with Gasteiger partial charge in [0, 0.05) is 18.1 Å². The summed E-state index contributed by atoms with van der Waals surface area (Å²) in [5.74, 6) is -0.847. The molecule has 1 aromatic carbocycles. The Morgan fingerprint density at radius 3 is 2.62 bits per heavy atom. The van der Waals surface area contributed by atoms with Crippen molar-refractivity contribution in [1.82, 2.24) is 10.3 Å². The maximum atomic E-state index is 12.3. The van der Waals surface area contributed by atoms with Crippen LogP contribution in [-0.4, -0.2) is 33.8 Å². The Hall–Kier alpha value is -1.60. The number of nitrogens with zero attached hydrogens (tertiary/aromatic N) is 1. The fourth-order valence-corrected chi connectivity index (χ4v) is 3.83. The lowest BCUT2D eigenvalue weighted by atomic mass is 9.97. The third-order valence-corrected chi connectivity index (χ3v) is 5.18. The lowest BCUT2D eigenvalue weighted by Crippen LogP contribution is -2.45. The second kappa shape index (κ2) is 8.48. The number of para-hydroxylation sites is 1. The van der Waals surface area contributed by atoms with Gasteiger partial charge in [0.05, 0.1) is 15.2 Å². The lowest BCUT2D eigenvalue weighted by Gasteiger charge is -2.20. The van der Waals surface area contributed by atoms with Gasteiger partial charge in [-0.1, -0.05) is 26.0 Å². The number of aromatic nitrogens is 1. The first kappa shape index (κ1) is 18.7. The van der Waals surface area contributed by atoms with E-state index in [0.29, 0.717) is 23.1 Å². The average Bonchev–Trinajstić information content (AvgIpc) is 2.93.